The van der Waals surface area contributed by atoms with Gasteiger partial charge in [-0.2, -0.15) is 0 Å². The standard InChI is InChI=1S/C22H23N3O3S/c1-15-4-6-16(7-5-15)19-14-23-21(28-19)13-12-20(26)24-17-8-10-18(11-9-17)29-22(27)25(2)3/h4-11,14H,12-13H2,1-3H3,(H,24,26). The van der Waals surface area contributed by atoms with Crippen LogP contribution in [0.2, 0.25) is 0 Å². The Morgan fingerprint density at radius 2 is 1.76 bits per heavy atom. The first-order chi connectivity index (χ1) is 13.9. The van der Waals surface area contributed by atoms with Gasteiger partial charge < -0.3 is 14.6 Å². The van der Waals surface area contributed by atoms with Gasteiger partial charge in [-0.05, 0) is 43.0 Å². The third-order valence-electron chi connectivity index (χ3n) is 4.16. The van der Waals surface area contributed by atoms with Crippen molar-refractivity contribution in [3.05, 3.63) is 66.2 Å². The van der Waals surface area contributed by atoms with Gasteiger partial charge in [-0.25, -0.2) is 4.98 Å². The number of nitrogens with zero attached hydrogens (tertiary/aromatic N) is 2. The number of anilines is 1. The number of aryl methyl sites for hydroxylation is 2. The minimum atomic E-state index is -0.121. The number of nitrogens with one attached hydrogen (secondary N) is 1. The molecule has 0 aliphatic rings. The molecule has 2 aromatic carbocycles. The van der Waals surface area contributed by atoms with Crippen LogP contribution in [0.1, 0.15) is 17.9 Å². The molecule has 29 heavy (non-hydrogen) atoms. The summed E-state index contributed by atoms with van der Waals surface area (Å²) < 4.78 is 5.75. The molecule has 0 saturated heterocycles. The van der Waals surface area contributed by atoms with Gasteiger partial charge in [0.2, 0.25) is 5.91 Å². The third-order valence-corrected chi connectivity index (χ3v) is 5.21. The van der Waals surface area contributed by atoms with Crippen molar-refractivity contribution in [2.75, 3.05) is 19.4 Å². The van der Waals surface area contributed by atoms with E-state index in [-0.39, 0.29) is 17.6 Å². The maximum absolute atomic E-state index is 12.2. The van der Waals surface area contributed by atoms with E-state index in [9.17, 15) is 9.59 Å². The third kappa shape index (κ3) is 5.96. The summed E-state index contributed by atoms with van der Waals surface area (Å²) in [6, 6.07) is 15.2. The van der Waals surface area contributed by atoms with Crippen LogP contribution in [0.5, 0.6) is 0 Å². The zero-order chi connectivity index (χ0) is 20.8. The van der Waals surface area contributed by atoms with Gasteiger partial charge in [0.25, 0.3) is 5.24 Å². The summed E-state index contributed by atoms with van der Waals surface area (Å²) in [5.41, 5.74) is 2.83. The van der Waals surface area contributed by atoms with Gasteiger partial charge in [0.15, 0.2) is 11.7 Å². The first-order valence-corrected chi connectivity index (χ1v) is 10.0. The molecule has 3 aromatic rings. The van der Waals surface area contributed by atoms with Gasteiger partial charge in [-0.3, -0.25) is 9.59 Å². The minimum Gasteiger partial charge on any atom is -0.441 e. The molecule has 1 N–H and O–H groups in total. The Hall–Kier alpha value is -3.06. The van der Waals surface area contributed by atoms with E-state index in [1.165, 1.54) is 10.5 Å². The lowest BCUT2D eigenvalue weighted by Crippen LogP contribution is -2.16. The van der Waals surface area contributed by atoms with E-state index in [1.54, 1.807) is 32.4 Å². The summed E-state index contributed by atoms with van der Waals surface area (Å²) in [7, 11) is 3.42. The zero-order valence-corrected chi connectivity index (χ0v) is 17.5. The van der Waals surface area contributed by atoms with Crippen LogP contribution >= 0.6 is 11.8 Å². The van der Waals surface area contributed by atoms with Crippen LogP contribution in [0.25, 0.3) is 11.3 Å². The van der Waals surface area contributed by atoms with Gasteiger partial charge in [0.05, 0.1) is 6.20 Å². The Balaban J connectivity index is 1.50. The molecule has 0 unspecified atom stereocenters. The fourth-order valence-corrected chi connectivity index (χ4v) is 3.18. The molecule has 0 aliphatic carbocycles. The molecule has 0 fully saturated rings. The molecule has 150 valence electrons. The molecule has 1 heterocycles. The summed E-state index contributed by atoms with van der Waals surface area (Å²) in [6.45, 7) is 2.03. The van der Waals surface area contributed by atoms with Crippen molar-refractivity contribution in [3.63, 3.8) is 0 Å². The van der Waals surface area contributed by atoms with Crippen LogP contribution in [-0.4, -0.2) is 35.1 Å². The summed E-state index contributed by atoms with van der Waals surface area (Å²) in [5, 5.41) is 2.80. The molecule has 2 amide bonds. The van der Waals surface area contributed by atoms with Gasteiger partial charge in [-0.1, -0.05) is 29.8 Å². The van der Waals surface area contributed by atoms with Crippen LogP contribution in [0, 0.1) is 6.92 Å². The first kappa shape index (κ1) is 20.7. The molecule has 0 spiro atoms. The number of aromatic nitrogens is 1. The highest BCUT2D eigenvalue weighted by molar-refractivity contribution is 8.13. The highest BCUT2D eigenvalue weighted by atomic mass is 32.2. The number of carbonyl (C=O) groups excluding carboxylic acids is 2. The van der Waals surface area contributed by atoms with Gasteiger partial charge in [-0.15, -0.1) is 0 Å². The van der Waals surface area contributed by atoms with E-state index in [2.05, 4.69) is 10.3 Å². The van der Waals surface area contributed by atoms with Crippen molar-refractivity contribution in [1.82, 2.24) is 9.88 Å². The van der Waals surface area contributed by atoms with E-state index in [1.807, 2.05) is 43.3 Å². The van der Waals surface area contributed by atoms with Crippen molar-refractivity contribution >= 4 is 28.6 Å². The van der Waals surface area contributed by atoms with Crippen molar-refractivity contribution < 1.29 is 14.0 Å². The number of oxazole rings is 1. The van der Waals surface area contributed by atoms with E-state index in [0.717, 1.165) is 22.2 Å². The van der Waals surface area contributed by atoms with Gasteiger partial charge >= 0.3 is 0 Å². The van der Waals surface area contributed by atoms with Crippen molar-refractivity contribution in [3.8, 4) is 11.3 Å². The Kier molecular flexibility index (Phi) is 6.72. The molecule has 0 bridgehead atoms. The molecule has 7 heteroatoms. The lowest BCUT2D eigenvalue weighted by Gasteiger charge is -2.09. The molecule has 6 nitrogen and oxygen atoms in total. The number of hydrogen-bond donors (Lipinski definition) is 1. The van der Waals surface area contributed by atoms with Gasteiger partial charge in [0, 0.05) is 43.1 Å². The number of amides is 2. The normalized spacial score (nSPS) is 10.6. The number of hydrogen-bond acceptors (Lipinski definition) is 5. The Morgan fingerprint density at radius 3 is 2.41 bits per heavy atom. The van der Waals surface area contributed by atoms with Crippen molar-refractivity contribution in [2.24, 2.45) is 0 Å². The smallest absolute Gasteiger partial charge is 0.285 e. The van der Waals surface area contributed by atoms with Gasteiger partial charge in [0.1, 0.15) is 0 Å². The molecular weight excluding hydrogens is 386 g/mol. The zero-order valence-electron chi connectivity index (χ0n) is 16.6. The van der Waals surface area contributed by atoms with Crippen molar-refractivity contribution in [1.29, 1.82) is 0 Å². The van der Waals surface area contributed by atoms with Crippen LogP contribution in [-0.2, 0) is 11.2 Å². The van der Waals surface area contributed by atoms with E-state index in [4.69, 9.17) is 4.42 Å². The van der Waals surface area contributed by atoms with Crippen LogP contribution < -0.4 is 5.32 Å². The van der Waals surface area contributed by atoms with E-state index < -0.39 is 0 Å². The summed E-state index contributed by atoms with van der Waals surface area (Å²) in [5.74, 6) is 1.11. The maximum Gasteiger partial charge on any atom is 0.285 e. The number of rotatable bonds is 6. The molecule has 0 saturated carbocycles. The van der Waals surface area contributed by atoms with Crippen LogP contribution in [0.15, 0.2) is 64.0 Å². The fourth-order valence-electron chi connectivity index (χ4n) is 2.52. The molecular formula is C22H23N3O3S. The minimum absolute atomic E-state index is 0.0438. The maximum atomic E-state index is 12.2. The average Bonchev–Trinajstić information content (AvgIpc) is 3.17. The summed E-state index contributed by atoms with van der Waals surface area (Å²) in [6.07, 6.45) is 2.37. The monoisotopic (exact) mass is 409 g/mol. The lowest BCUT2D eigenvalue weighted by molar-refractivity contribution is -0.116. The first-order valence-electron chi connectivity index (χ1n) is 9.21. The predicted octanol–water partition coefficient (Wildman–Crippen LogP) is 5.00. The number of thioether (sulfide) groups is 1. The number of carbonyl (C=O) groups is 2. The van der Waals surface area contributed by atoms with Crippen LogP contribution in [0.4, 0.5) is 10.5 Å². The fraction of sp³-hybridized carbons (Fsp3) is 0.227. The lowest BCUT2D eigenvalue weighted by atomic mass is 10.1. The molecule has 3 rings (SSSR count). The Morgan fingerprint density at radius 1 is 1.07 bits per heavy atom. The van der Waals surface area contributed by atoms with E-state index >= 15 is 0 Å². The quantitative estimate of drug-likeness (QED) is 0.580. The van der Waals surface area contributed by atoms with E-state index in [0.29, 0.717) is 23.8 Å². The van der Waals surface area contributed by atoms with Crippen molar-refractivity contribution in [2.45, 2.75) is 24.7 Å². The second-order valence-electron chi connectivity index (χ2n) is 6.82. The predicted molar refractivity (Wildman–Crippen MR) is 115 cm³/mol. The highest BCUT2D eigenvalue weighted by Gasteiger charge is 2.10. The number of benzene rings is 2. The average molecular weight is 410 g/mol. The summed E-state index contributed by atoms with van der Waals surface area (Å²) in [4.78, 5) is 30.5. The molecule has 1 aromatic heterocycles. The Bertz CT molecular complexity index is 979. The highest BCUT2D eigenvalue weighted by Crippen LogP contribution is 2.23. The SMILES string of the molecule is Cc1ccc(-c2cnc(CCC(=O)Nc3ccc(SC(=O)N(C)C)cc3)o2)cc1. The molecule has 0 aliphatic heterocycles. The molecule has 0 radical (unpaired) electrons. The molecule has 0 atom stereocenters. The summed E-state index contributed by atoms with van der Waals surface area (Å²) >= 11 is 1.14. The Labute approximate surface area is 174 Å². The second kappa shape index (κ2) is 9.43. The topological polar surface area (TPSA) is 75.4 Å². The van der Waals surface area contributed by atoms with Crippen LogP contribution in [0.3, 0.4) is 0 Å². The largest absolute Gasteiger partial charge is 0.441 e. The second-order valence-corrected chi connectivity index (χ2v) is 7.84.